The smallest absolute Gasteiger partial charge is 0.345 e. The SMILES string of the molecule is O=c1oc2ccc(Cl)cc2cc1-c1cn2ncsc2n1. The van der Waals surface area contributed by atoms with Crippen molar-refractivity contribution >= 4 is 38.9 Å². The van der Waals surface area contributed by atoms with Crippen molar-refractivity contribution in [1.82, 2.24) is 14.6 Å². The Kier molecular flexibility index (Phi) is 2.42. The lowest BCUT2D eigenvalue weighted by Crippen LogP contribution is -2.02. The number of hydrogen-bond donors (Lipinski definition) is 0. The summed E-state index contributed by atoms with van der Waals surface area (Å²) in [7, 11) is 0. The van der Waals surface area contributed by atoms with E-state index in [1.807, 2.05) is 0 Å². The molecule has 0 saturated heterocycles. The molecule has 5 nitrogen and oxygen atoms in total. The summed E-state index contributed by atoms with van der Waals surface area (Å²) < 4.78 is 6.92. The van der Waals surface area contributed by atoms with Gasteiger partial charge in [0.2, 0.25) is 4.96 Å². The lowest BCUT2D eigenvalue weighted by atomic mass is 10.1. The van der Waals surface area contributed by atoms with E-state index in [-0.39, 0.29) is 0 Å². The van der Waals surface area contributed by atoms with E-state index in [4.69, 9.17) is 16.0 Å². The zero-order valence-electron chi connectivity index (χ0n) is 9.91. The largest absolute Gasteiger partial charge is 0.422 e. The number of imidazole rings is 1. The van der Waals surface area contributed by atoms with E-state index in [2.05, 4.69) is 10.1 Å². The average molecular weight is 304 g/mol. The Balaban J connectivity index is 2.00. The Morgan fingerprint density at radius 1 is 1.30 bits per heavy atom. The maximum Gasteiger partial charge on any atom is 0.345 e. The first-order chi connectivity index (χ1) is 9.70. The quantitative estimate of drug-likeness (QED) is 0.507. The highest BCUT2D eigenvalue weighted by Gasteiger charge is 2.12. The summed E-state index contributed by atoms with van der Waals surface area (Å²) in [6.45, 7) is 0. The Bertz CT molecular complexity index is 973. The molecule has 4 rings (SSSR count). The Hall–Kier alpha value is -2.18. The van der Waals surface area contributed by atoms with Crippen LogP contribution in [0.3, 0.4) is 0 Å². The standard InChI is InChI=1S/C13H6ClN3O2S/c14-8-1-2-11-7(3-8)4-9(12(18)19-11)10-5-17-13(16-10)20-6-15-17/h1-6H. The lowest BCUT2D eigenvalue weighted by molar-refractivity contribution is 0.563. The molecule has 0 aliphatic heterocycles. The lowest BCUT2D eigenvalue weighted by Gasteiger charge is -1.99. The number of hydrogen-bond acceptors (Lipinski definition) is 5. The second kappa shape index (κ2) is 4.16. The molecule has 0 atom stereocenters. The van der Waals surface area contributed by atoms with Crippen LogP contribution < -0.4 is 5.63 Å². The van der Waals surface area contributed by atoms with Gasteiger partial charge in [-0.25, -0.2) is 14.3 Å². The fraction of sp³-hybridized carbons (Fsp3) is 0. The molecule has 0 spiro atoms. The number of fused-ring (bicyclic) bond motifs is 2. The first-order valence-corrected chi connectivity index (χ1v) is 6.99. The first-order valence-electron chi connectivity index (χ1n) is 5.73. The van der Waals surface area contributed by atoms with Crippen LogP contribution in [0.4, 0.5) is 0 Å². The van der Waals surface area contributed by atoms with Gasteiger partial charge in [0.1, 0.15) is 11.1 Å². The molecule has 20 heavy (non-hydrogen) atoms. The van der Waals surface area contributed by atoms with E-state index in [9.17, 15) is 4.79 Å². The summed E-state index contributed by atoms with van der Waals surface area (Å²) in [6.07, 6.45) is 1.70. The topological polar surface area (TPSA) is 60.4 Å². The van der Waals surface area contributed by atoms with E-state index in [0.717, 1.165) is 10.3 Å². The summed E-state index contributed by atoms with van der Waals surface area (Å²) >= 11 is 7.36. The molecule has 0 unspecified atom stereocenters. The van der Waals surface area contributed by atoms with Gasteiger partial charge in [0, 0.05) is 10.4 Å². The Morgan fingerprint density at radius 3 is 3.05 bits per heavy atom. The van der Waals surface area contributed by atoms with Crippen molar-refractivity contribution in [3.05, 3.63) is 51.4 Å². The number of benzene rings is 1. The van der Waals surface area contributed by atoms with Crippen LogP contribution >= 0.6 is 22.9 Å². The molecule has 3 heterocycles. The van der Waals surface area contributed by atoms with Crippen molar-refractivity contribution in [3.8, 4) is 11.3 Å². The summed E-state index contributed by atoms with van der Waals surface area (Å²) in [6, 6.07) is 6.85. The summed E-state index contributed by atoms with van der Waals surface area (Å²) in [4.78, 5) is 17.1. The third kappa shape index (κ3) is 1.73. The van der Waals surface area contributed by atoms with E-state index in [1.165, 1.54) is 11.3 Å². The Labute approximate surface area is 121 Å². The molecule has 0 N–H and O–H groups in total. The summed E-state index contributed by atoms with van der Waals surface area (Å²) in [5, 5.41) is 5.44. The van der Waals surface area contributed by atoms with Crippen LogP contribution in [0.5, 0.6) is 0 Å². The maximum atomic E-state index is 12.1. The predicted octanol–water partition coefficient (Wildman–Crippen LogP) is 3.22. The number of rotatable bonds is 1. The highest BCUT2D eigenvalue weighted by atomic mass is 35.5. The molecule has 0 radical (unpaired) electrons. The number of aromatic nitrogens is 3. The van der Waals surface area contributed by atoms with Crippen LogP contribution in [0.1, 0.15) is 0 Å². The normalized spacial score (nSPS) is 11.4. The van der Waals surface area contributed by atoms with Crippen LogP contribution in [0.2, 0.25) is 5.02 Å². The molecule has 0 aliphatic carbocycles. The van der Waals surface area contributed by atoms with Gasteiger partial charge < -0.3 is 4.42 Å². The van der Waals surface area contributed by atoms with Crippen LogP contribution in [0, 0.1) is 0 Å². The third-order valence-corrected chi connectivity index (χ3v) is 3.88. The van der Waals surface area contributed by atoms with Gasteiger partial charge in [-0.1, -0.05) is 22.9 Å². The van der Waals surface area contributed by atoms with Gasteiger partial charge in [-0.2, -0.15) is 5.10 Å². The first kappa shape index (κ1) is 11.6. The Morgan fingerprint density at radius 2 is 2.20 bits per heavy atom. The molecule has 0 amide bonds. The highest BCUT2D eigenvalue weighted by Crippen LogP contribution is 2.23. The average Bonchev–Trinajstić information content (AvgIpc) is 2.99. The van der Waals surface area contributed by atoms with Crippen LogP contribution in [-0.4, -0.2) is 14.6 Å². The molecule has 0 bridgehead atoms. The van der Waals surface area contributed by atoms with Crippen LogP contribution in [0.15, 0.2) is 45.2 Å². The van der Waals surface area contributed by atoms with Gasteiger partial charge in [-0.15, -0.1) is 0 Å². The molecule has 7 heteroatoms. The fourth-order valence-corrected chi connectivity index (χ4v) is 2.82. The van der Waals surface area contributed by atoms with Gasteiger partial charge >= 0.3 is 5.63 Å². The molecule has 98 valence electrons. The molecule has 0 fully saturated rings. The molecule has 0 aliphatic rings. The second-order valence-electron chi connectivity index (χ2n) is 4.22. The van der Waals surface area contributed by atoms with Gasteiger partial charge in [0.25, 0.3) is 0 Å². The molecule has 0 saturated carbocycles. The van der Waals surface area contributed by atoms with E-state index in [0.29, 0.717) is 21.9 Å². The van der Waals surface area contributed by atoms with Gasteiger partial charge in [0.15, 0.2) is 0 Å². The van der Waals surface area contributed by atoms with Crippen LogP contribution in [0.25, 0.3) is 27.2 Å². The molecule has 3 aromatic heterocycles. The zero-order valence-corrected chi connectivity index (χ0v) is 11.5. The summed E-state index contributed by atoms with van der Waals surface area (Å²) in [5.74, 6) is 0. The second-order valence-corrected chi connectivity index (χ2v) is 5.47. The maximum absolute atomic E-state index is 12.1. The van der Waals surface area contributed by atoms with Crippen LogP contribution in [-0.2, 0) is 0 Å². The van der Waals surface area contributed by atoms with Gasteiger partial charge in [-0.3, -0.25) is 0 Å². The van der Waals surface area contributed by atoms with E-state index in [1.54, 1.807) is 40.5 Å². The third-order valence-electron chi connectivity index (χ3n) is 2.96. The van der Waals surface area contributed by atoms with Crippen molar-refractivity contribution in [2.24, 2.45) is 0 Å². The zero-order chi connectivity index (χ0) is 13.7. The molecule has 4 aromatic rings. The van der Waals surface area contributed by atoms with Crippen molar-refractivity contribution in [3.63, 3.8) is 0 Å². The number of halogens is 1. The molecular weight excluding hydrogens is 298 g/mol. The highest BCUT2D eigenvalue weighted by molar-refractivity contribution is 7.14. The fourth-order valence-electron chi connectivity index (χ4n) is 2.04. The monoisotopic (exact) mass is 303 g/mol. The minimum Gasteiger partial charge on any atom is -0.422 e. The van der Waals surface area contributed by atoms with Gasteiger partial charge in [0.05, 0.1) is 17.5 Å². The van der Waals surface area contributed by atoms with Crippen molar-refractivity contribution < 1.29 is 4.42 Å². The molecular formula is C13H6ClN3O2S. The summed E-state index contributed by atoms with van der Waals surface area (Å²) in [5.41, 5.74) is 2.71. The predicted molar refractivity (Wildman–Crippen MR) is 77.4 cm³/mol. The van der Waals surface area contributed by atoms with E-state index < -0.39 is 5.63 Å². The molecule has 1 aromatic carbocycles. The number of nitrogens with zero attached hydrogens (tertiary/aromatic N) is 3. The van der Waals surface area contributed by atoms with E-state index >= 15 is 0 Å². The van der Waals surface area contributed by atoms with Crippen molar-refractivity contribution in [1.29, 1.82) is 0 Å². The minimum atomic E-state index is -0.425. The minimum absolute atomic E-state index is 0.400. The van der Waals surface area contributed by atoms with Crippen molar-refractivity contribution in [2.75, 3.05) is 0 Å². The van der Waals surface area contributed by atoms with Crippen molar-refractivity contribution in [2.45, 2.75) is 0 Å². The van der Waals surface area contributed by atoms with Gasteiger partial charge in [-0.05, 0) is 24.3 Å².